The Hall–Kier alpha value is -3.74. The highest BCUT2D eigenvalue weighted by atomic mass is 16.5. The number of aromatic nitrogens is 1. The van der Waals surface area contributed by atoms with Gasteiger partial charge in [-0.2, -0.15) is 0 Å². The molecule has 0 spiro atoms. The quantitative estimate of drug-likeness (QED) is 0.510. The van der Waals surface area contributed by atoms with E-state index in [0.717, 1.165) is 28.4 Å². The normalized spacial score (nSPS) is 10.7. The van der Waals surface area contributed by atoms with Crippen molar-refractivity contribution in [1.29, 1.82) is 0 Å². The molecule has 1 heterocycles. The summed E-state index contributed by atoms with van der Waals surface area (Å²) < 4.78 is 7.28. The molecule has 3 N–H and O–H groups in total. The summed E-state index contributed by atoms with van der Waals surface area (Å²) in [5, 5.41) is 8.54. The third-order valence-electron chi connectivity index (χ3n) is 5.09. The maximum absolute atomic E-state index is 12.8. The van der Waals surface area contributed by atoms with E-state index in [1.54, 1.807) is 7.11 Å². The number of carbonyl (C=O) groups excluding carboxylic acids is 2. The van der Waals surface area contributed by atoms with Crippen molar-refractivity contribution in [3.63, 3.8) is 0 Å². The molecule has 3 rings (SSSR count). The number of nitrogens with zero attached hydrogens (tertiary/aromatic N) is 1. The van der Waals surface area contributed by atoms with E-state index in [1.165, 1.54) is 0 Å². The predicted octanol–water partition coefficient (Wildman–Crippen LogP) is 4.56. The summed E-state index contributed by atoms with van der Waals surface area (Å²) in [5.74, 6) is 0.660. The molecule has 3 amide bonds. The molecule has 1 aromatic heterocycles. The van der Waals surface area contributed by atoms with Crippen molar-refractivity contribution in [1.82, 2.24) is 15.2 Å². The summed E-state index contributed by atoms with van der Waals surface area (Å²) in [6.45, 7) is 8.12. The molecule has 0 unspecified atom stereocenters. The standard InChI is InChI=1S/C25H30N4O3/c1-16(2)27-25(31)28-20-8-6-19(7-9-20)15-26-24(30)23-14-17(3)29(18(23)4)21-10-12-22(32-5)13-11-21/h6-14,16H,15H2,1-5H3,(H,26,30)(H2,27,28,31). The molecule has 2 aromatic carbocycles. The number of hydrogen-bond donors (Lipinski definition) is 3. The van der Waals surface area contributed by atoms with Crippen LogP contribution in [-0.2, 0) is 6.54 Å². The van der Waals surface area contributed by atoms with E-state index in [1.807, 2.05) is 82.3 Å². The Balaban J connectivity index is 1.64. The van der Waals surface area contributed by atoms with Crippen LogP contribution in [0.15, 0.2) is 54.6 Å². The maximum atomic E-state index is 12.8. The SMILES string of the molecule is COc1ccc(-n2c(C)cc(C(=O)NCc3ccc(NC(=O)NC(C)C)cc3)c2C)cc1. The fourth-order valence-electron chi connectivity index (χ4n) is 3.53. The van der Waals surface area contributed by atoms with Gasteiger partial charge in [-0.25, -0.2) is 4.79 Å². The second kappa shape index (κ2) is 10.0. The first-order chi connectivity index (χ1) is 15.3. The molecule has 0 saturated carbocycles. The molecule has 0 aliphatic carbocycles. The number of ether oxygens (including phenoxy) is 1. The van der Waals surface area contributed by atoms with Crippen LogP contribution in [0.25, 0.3) is 5.69 Å². The Labute approximate surface area is 188 Å². The van der Waals surface area contributed by atoms with Gasteiger partial charge in [0, 0.05) is 35.3 Å². The van der Waals surface area contributed by atoms with Gasteiger partial charge in [0.1, 0.15) is 5.75 Å². The van der Waals surface area contributed by atoms with Crippen LogP contribution >= 0.6 is 0 Å². The lowest BCUT2D eigenvalue weighted by Gasteiger charge is -2.11. The number of carbonyl (C=O) groups is 2. The van der Waals surface area contributed by atoms with E-state index in [0.29, 0.717) is 17.8 Å². The third-order valence-corrected chi connectivity index (χ3v) is 5.09. The monoisotopic (exact) mass is 434 g/mol. The fourth-order valence-corrected chi connectivity index (χ4v) is 3.53. The van der Waals surface area contributed by atoms with Gasteiger partial charge in [-0.3, -0.25) is 4.79 Å². The molecule has 7 heteroatoms. The highest BCUT2D eigenvalue weighted by Crippen LogP contribution is 2.23. The zero-order chi connectivity index (χ0) is 23.3. The van der Waals surface area contributed by atoms with E-state index in [9.17, 15) is 9.59 Å². The molecule has 7 nitrogen and oxygen atoms in total. The molecule has 0 atom stereocenters. The van der Waals surface area contributed by atoms with E-state index in [2.05, 4.69) is 20.5 Å². The summed E-state index contributed by atoms with van der Waals surface area (Å²) in [5.41, 5.74) is 5.11. The molecule has 0 bridgehead atoms. The van der Waals surface area contributed by atoms with Crippen molar-refractivity contribution in [2.75, 3.05) is 12.4 Å². The van der Waals surface area contributed by atoms with Crippen LogP contribution in [0.5, 0.6) is 5.75 Å². The molecule has 168 valence electrons. The lowest BCUT2D eigenvalue weighted by atomic mass is 10.2. The van der Waals surface area contributed by atoms with Gasteiger partial charge in [0.25, 0.3) is 5.91 Å². The van der Waals surface area contributed by atoms with Gasteiger partial charge in [-0.05, 0) is 75.7 Å². The van der Waals surface area contributed by atoms with E-state index in [4.69, 9.17) is 4.74 Å². The second-order valence-electron chi connectivity index (χ2n) is 7.95. The van der Waals surface area contributed by atoms with Gasteiger partial charge in [0.15, 0.2) is 0 Å². The van der Waals surface area contributed by atoms with Crippen LogP contribution in [-0.4, -0.2) is 29.7 Å². The van der Waals surface area contributed by atoms with E-state index >= 15 is 0 Å². The van der Waals surface area contributed by atoms with Crippen molar-refractivity contribution in [3.05, 3.63) is 77.1 Å². The highest BCUT2D eigenvalue weighted by Gasteiger charge is 2.16. The number of amides is 3. The fraction of sp³-hybridized carbons (Fsp3) is 0.280. The highest BCUT2D eigenvalue weighted by molar-refractivity contribution is 5.96. The lowest BCUT2D eigenvalue weighted by molar-refractivity contribution is 0.0950. The van der Waals surface area contributed by atoms with Crippen molar-refractivity contribution in [2.24, 2.45) is 0 Å². The van der Waals surface area contributed by atoms with Gasteiger partial charge in [-0.1, -0.05) is 12.1 Å². The number of anilines is 1. The smallest absolute Gasteiger partial charge is 0.319 e. The molecule has 0 aliphatic heterocycles. The van der Waals surface area contributed by atoms with Gasteiger partial charge >= 0.3 is 6.03 Å². The average Bonchev–Trinajstić information content (AvgIpc) is 3.06. The molecule has 3 aromatic rings. The summed E-state index contributed by atoms with van der Waals surface area (Å²) in [6.07, 6.45) is 0. The lowest BCUT2D eigenvalue weighted by Crippen LogP contribution is -2.34. The number of aryl methyl sites for hydroxylation is 1. The third kappa shape index (κ3) is 5.49. The molecule has 32 heavy (non-hydrogen) atoms. The molecule has 0 radical (unpaired) electrons. The largest absolute Gasteiger partial charge is 0.497 e. The second-order valence-corrected chi connectivity index (χ2v) is 7.95. The zero-order valence-electron chi connectivity index (χ0n) is 19.2. The number of urea groups is 1. The number of rotatable bonds is 7. The Morgan fingerprint density at radius 3 is 2.25 bits per heavy atom. The summed E-state index contributed by atoms with van der Waals surface area (Å²) in [4.78, 5) is 24.6. The molecule has 0 aliphatic rings. The zero-order valence-corrected chi connectivity index (χ0v) is 19.2. The number of hydrogen-bond acceptors (Lipinski definition) is 3. The van der Waals surface area contributed by atoms with Gasteiger partial charge in [0.2, 0.25) is 0 Å². The topological polar surface area (TPSA) is 84.4 Å². The predicted molar refractivity (Wildman–Crippen MR) is 127 cm³/mol. The number of benzene rings is 2. The van der Waals surface area contributed by atoms with Crippen molar-refractivity contribution in [3.8, 4) is 11.4 Å². The first-order valence-electron chi connectivity index (χ1n) is 10.6. The number of methoxy groups -OCH3 is 1. The summed E-state index contributed by atoms with van der Waals surface area (Å²) >= 11 is 0. The van der Waals surface area contributed by atoms with Crippen LogP contribution in [0.4, 0.5) is 10.5 Å². The molecule has 0 saturated heterocycles. The van der Waals surface area contributed by atoms with Gasteiger partial charge < -0.3 is 25.3 Å². The molecular weight excluding hydrogens is 404 g/mol. The maximum Gasteiger partial charge on any atom is 0.319 e. The van der Waals surface area contributed by atoms with Crippen molar-refractivity contribution < 1.29 is 14.3 Å². The van der Waals surface area contributed by atoms with Crippen LogP contribution < -0.4 is 20.7 Å². The van der Waals surface area contributed by atoms with Crippen molar-refractivity contribution >= 4 is 17.6 Å². The van der Waals surface area contributed by atoms with Crippen LogP contribution in [0.1, 0.15) is 41.2 Å². The van der Waals surface area contributed by atoms with Gasteiger partial charge in [0.05, 0.1) is 12.7 Å². The first kappa shape index (κ1) is 22.9. The Morgan fingerprint density at radius 1 is 1.00 bits per heavy atom. The van der Waals surface area contributed by atoms with Crippen LogP contribution in [0.3, 0.4) is 0 Å². The Morgan fingerprint density at radius 2 is 1.66 bits per heavy atom. The summed E-state index contributed by atoms with van der Waals surface area (Å²) in [6, 6.07) is 16.9. The molecule has 0 fully saturated rings. The minimum absolute atomic E-state index is 0.0659. The van der Waals surface area contributed by atoms with Crippen LogP contribution in [0.2, 0.25) is 0 Å². The van der Waals surface area contributed by atoms with Crippen LogP contribution in [0, 0.1) is 13.8 Å². The molecular formula is C25H30N4O3. The van der Waals surface area contributed by atoms with E-state index in [-0.39, 0.29) is 18.0 Å². The minimum Gasteiger partial charge on any atom is -0.497 e. The van der Waals surface area contributed by atoms with Crippen molar-refractivity contribution in [2.45, 2.75) is 40.3 Å². The number of nitrogens with one attached hydrogen (secondary N) is 3. The minimum atomic E-state index is -0.242. The Bertz CT molecular complexity index is 1080. The van der Waals surface area contributed by atoms with Gasteiger partial charge in [-0.15, -0.1) is 0 Å². The average molecular weight is 435 g/mol. The van der Waals surface area contributed by atoms with E-state index < -0.39 is 0 Å². The first-order valence-corrected chi connectivity index (χ1v) is 10.6. The Kier molecular flexibility index (Phi) is 7.20. The summed E-state index contributed by atoms with van der Waals surface area (Å²) in [7, 11) is 1.64.